The summed E-state index contributed by atoms with van der Waals surface area (Å²) < 4.78 is 0. The maximum Gasteiger partial charge on any atom is 0.301 e. The lowest BCUT2D eigenvalue weighted by Gasteiger charge is -2.59. The fourth-order valence-corrected chi connectivity index (χ4v) is 7.91. The van der Waals surface area contributed by atoms with Gasteiger partial charge in [-0.2, -0.15) is 5.10 Å². The number of nitro benzene ring substituents is 2. The van der Waals surface area contributed by atoms with E-state index >= 15 is 0 Å². The predicted molar refractivity (Wildman–Crippen MR) is 133 cm³/mol. The monoisotopic (exact) mass is 482 g/mol. The zero-order valence-electron chi connectivity index (χ0n) is 20.6. The van der Waals surface area contributed by atoms with E-state index in [1.807, 2.05) is 6.92 Å². The highest BCUT2D eigenvalue weighted by atomic mass is 16.6. The zero-order chi connectivity index (χ0) is 25.2. The molecule has 0 heterocycles. The Kier molecular flexibility index (Phi) is 5.54. The van der Waals surface area contributed by atoms with Crippen LogP contribution in [0.5, 0.6) is 0 Å². The summed E-state index contributed by atoms with van der Waals surface area (Å²) in [5, 5.41) is 38.0. The summed E-state index contributed by atoms with van der Waals surface area (Å²) in [5.41, 5.74) is 4.07. The smallest absolute Gasteiger partial charge is 0.301 e. The second-order valence-corrected chi connectivity index (χ2v) is 11.7. The first-order chi connectivity index (χ1) is 16.5. The molecular weight excluding hydrogens is 448 g/mol. The van der Waals surface area contributed by atoms with Crippen molar-refractivity contribution in [2.24, 2.45) is 33.7 Å². The van der Waals surface area contributed by atoms with Crippen molar-refractivity contribution in [1.29, 1.82) is 0 Å². The van der Waals surface area contributed by atoms with E-state index < -0.39 is 15.4 Å². The maximum atomic E-state index is 11.4. The van der Waals surface area contributed by atoms with Crippen LogP contribution in [0.15, 0.2) is 34.9 Å². The molecule has 0 aromatic heterocycles. The van der Waals surface area contributed by atoms with Crippen molar-refractivity contribution in [3.63, 3.8) is 0 Å². The number of hydrazone groups is 1. The minimum atomic E-state index is -0.647. The lowest BCUT2D eigenvalue weighted by Crippen LogP contribution is -2.53. The molecule has 6 atom stereocenters. The van der Waals surface area contributed by atoms with Gasteiger partial charge in [-0.15, -0.1) is 0 Å². The molecule has 0 bridgehead atoms. The summed E-state index contributed by atoms with van der Waals surface area (Å²) >= 11 is 0. The molecule has 188 valence electrons. The van der Waals surface area contributed by atoms with Gasteiger partial charge < -0.3 is 5.11 Å². The number of hydrogen-bond acceptors (Lipinski definition) is 7. The third kappa shape index (κ3) is 3.66. The van der Waals surface area contributed by atoms with E-state index in [1.165, 1.54) is 17.7 Å². The fraction of sp³-hybridized carbons (Fsp3) is 0.654. The number of benzene rings is 1. The molecule has 6 unspecified atom stereocenters. The van der Waals surface area contributed by atoms with Gasteiger partial charge in [0.15, 0.2) is 0 Å². The normalized spacial score (nSPS) is 39.3. The number of anilines is 1. The highest BCUT2D eigenvalue weighted by molar-refractivity contribution is 5.97. The van der Waals surface area contributed by atoms with Crippen molar-refractivity contribution in [2.45, 2.75) is 77.7 Å². The summed E-state index contributed by atoms with van der Waals surface area (Å²) in [5.74, 6) is 1.83. The number of non-ortho nitro benzene ring substituents is 1. The van der Waals surface area contributed by atoms with Gasteiger partial charge in [-0.25, -0.2) is 0 Å². The van der Waals surface area contributed by atoms with Gasteiger partial charge in [0.1, 0.15) is 5.69 Å². The Hall–Kier alpha value is -2.81. The molecule has 0 aliphatic heterocycles. The van der Waals surface area contributed by atoms with Gasteiger partial charge in [0.2, 0.25) is 0 Å². The number of nitro groups is 2. The van der Waals surface area contributed by atoms with Crippen molar-refractivity contribution in [2.75, 3.05) is 5.43 Å². The van der Waals surface area contributed by atoms with Gasteiger partial charge in [0.05, 0.1) is 27.2 Å². The number of nitrogens with zero attached hydrogens (tertiary/aromatic N) is 3. The van der Waals surface area contributed by atoms with Gasteiger partial charge in [-0.1, -0.05) is 19.4 Å². The van der Waals surface area contributed by atoms with Crippen molar-refractivity contribution in [1.82, 2.24) is 0 Å². The molecule has 0 radical (unpaired) electrons. The second kappa shape index (κ2) is 8.11. The van der Waals surface area contributed by atoms with Crippen LogP contribution in [0.2, 0.25) is 0 Å². The first-order valence-electron chi connectivity index (χ1n) is 12.7. The quantitative estimate of drug-likeness (QED) is 0.401. The Labute approximate surface area is 205 Å². The third-order valence-corrected chi connectivity index (χ3v) is 10.2. The molecule has 4 aliphatic rings. The molecule has 1 aromatic carbocycles. The number of rotatable bonds is 4. The molecule has 35 heavy (non-hydrogen) atoms. The maximum absolute atomic E-state index is 11.4. The molecule has 9 heteroatoms. The number of hydrogen-bond donors (Lipinski definition) is 2. The molecule has 2 N–H and O–H groups in total. The van der Waals surface area contributed by atoms with Crippen LogP contribution in [0.3, 0.4) is 0 Å². The van der Waals surface area contributed by atoms with Crippen LogP contribution in [0, 0.1) is 48.8 Å². The summed E-state index contributed by atoms with van der Waals surface area (Å²) in [4.78, 5) is 21.1. The van der Waals surface area contributed by atoms with E-state index in [1.54, 1.807) is 0 Å². The lowest BCUT2D eigenvalue weighted by molar-refractivity contribution is -0.393. The van der Waals surface area contributed by atoms with Crippen molar-refractivity contribution < 1.29 is 15.0 Å². The molecule has 5 rings (SSSR count). The van der Waals surface area contributed by atoms with E-state index in [-0.39, 0.29) is 27.9 Å². The van der Waals surface area contributed by atoms with Gasteiger partial charge in [0.25, 0.3) is 5.69 Å². The fourth-order valence-electron chi connectivity index (χ4n) is 7.91. The lowest BCUT2D eigenvalue weighted by atomic mass is 9.46. The second-order valence-electron chi connectivity index (χ2n) is 11.7. The Morgan fingerprint density at radius 2 is 1.74 bits per heavy atom. The van der Waals surface area contributed by atoms with Gasteiger partial charge in [-0.3, -0.25) is 25.7 Å². The van der Waals surface area contributed by atoms with E-state index in [9.17, 15) is 25.3 Å². The number of allylic oxidation sites excluding steroid dienone is 2. The molecule has 3 fully saturated rings. The van der Waals surface area contributed by atoms with Crippen LogP contribution >= 0.6 is 0 Å². The van der Waals surface area contributed by atoms with Crippen molar-refractivity contribution in [3.05, 3.63) is 50.1 Å². The summed E-state index contributed by atoms with van der Waals surface area (Å²) in [7, 11) is 0. The van der Waals surface area contributed by atoms with Crippen LogP contribution in [0.25, 0.3) is 0 Å². The topological polar surface area (TPSA) is 131 Å². The Morgan fingerprint density at radius 3 is 2.46 bits per heavy atom. The molecule has 0 saturated heterocycles. The summed E-state index contributed by atoms with van der Waals surface area (Å²) in [6, 6.07) is 3.53. The Morgan fingerprint density at radius 1 is 1.00 bits per heavy atom. The summed E-state index contributed by atoms with van der Waals surface area (Å²) in [6.45, 7) is 6.74. The molecule has 1 aromatic rings. The number of fused-ring (bicyclic) bond motifs is 5. The average molecular weight is 483 g/mol. The minimum absolute atomic E-state index is 0.0103. The Bertz CT molecular complexity index is 1140. The largest absolute Gasteiger partial charge is 0.390 e. The van der Waals surface area contributed by atoms with E-state index in [2.05, 4.69) is 30.5 Å². The number of nitrogens with one attached hydrogen (secondary N) is 1. The average Bonchev–Trinajstić information content (AvgIpc) is 3.06. The molecule has 0 spiro atoms. The predicted octanol–water partition coefficient (Wildman–Crippen LogP) is 5.98. The van der Waals surface area contributed by atoms with Crippen molar-refractivity contribution in [3.8, 4) is 0 Å². The molecule has 4 aliphatic carbocycles. The SMILES string of the molecule is CC12CCC(=NNc3ccc([N+](=O)[O-])cc3[N+](=O)[O-])C=C1CCC1C2CCC2(C)C1CCC2(C)O. The number of aliphatic hydroxyl groups is 1. The standard InChI is InChI=1S/C26H34N4O5/c1-24-11-8-17(27-28-22-7-5-18(29(32)33)15-23(22)30(34)35)14-16(24)4-6-19-20(24)9-12-25(2)21(19)10-13-26(25,3)31/h5,7,14-15,19-21,28,31H,4,6,8-13H2,1-3H3. The van der Waals surface area contributed by atoms with Gasteiger partial charge in [-0.05, 0) is 99.0 Å². The van der Waals surface area contributed by atoms with Crippen LogP contribution in [0.4, 0.5) is 17.1 Å². The first kappa shape index (κ1) is 23.9. The van der Waals surface area contributed by atoms with E-state index in [4.69, 9.17) is 0 Å². The highest BCUT2D eigenvalue weighted by Gasteiger charge is 2.62. The molecule has 3 saturated carbocycles. The Balaban J connectivity index is 1.37. The van der Waals surface area contributed by atoms with E-state index in [0.29, 0.717) is 17.8 Å². The zero-order valence-corrected chi connectivity index (χ0v) is 20.6. The third-order valence-electron chi connectivity index (χ3n) is 10.2. The first-order valence-corrected chi connectivity index (χ1v) is 12.7. The molecular formula is C26H34N4O5. The van der Waals surface area contributed by atoms with Gasteiger partial charge >= 0.3 is 5.69 Å². The van der Waals surface area contributed by atoms with Gasteiger partial charge in [0, 0.05) is 6.07 Å². The van der Waals surface area contributed by atoms with Crippen LogP contribution < -0.4 is 5.43 Å². The van der Waals surface area contributed by atoms with E-state index in [0.717, 1.165) is 63.1 Å². The van der Waals surface area contributed by atoms with Crippen LogP contribution in [-0.4, -0.2) is 26.3 Å². The highest BCUT2D eigenvalue weighted by Crippen LogP contribution is 2.67. The van der Waals surface area contributed by atoms with Crippen LogP contribution in [0.1, 0.15) is 72.1 Å². The molecule has 0 amide bonds. The minimum Gasteiger partial charge on any atom is -0.390 e. The van der Waals surface area contributed by atoms with Crippen LogP contribution in [-0.2, 0) is 0 Å². The summed E-state index contributed by atoms with van der Waals surface area (Å²) in [6.07, 6.45) is 10.3. The van der Waals surface area contributed by atoms with Crippen molar-refractivity contribution >= 4 is 22.8 Å². The molecule has 9 nitrogen and oxygen atoms in total.